The standard InChI is InChI=1S/C41H46N6O2.2ClH/c1-26(2)36(46-38-28-16-6-10-20-32(28)44-33-21-11-7-17-29(33)38)40(48)42-24-14-5-15-25-43-41(49)37(27(3)4)47-39-30-18-8-12-22-34(30)45-35-23-13-9-19-31(35)39;;/h6-13,16-23,26-27,36-37H,5,14-15,24-25H2,1-4H3,(H,42,48)(H,43,49)(H,44,46)(H,45,47);2*1H/t36-,37-;;/m0../s1. The first kappa shape index (κ1) is 39.1. The van der Waals surface area contributed by atoms with Crippen molar-refractivity contribution in [2.75, 3.05) is 23.7 Å². The third kappa shape index (κ3) is 8.99. The van der Waals surface area contributed by atoms with Gasteiger partial charge in [-0.2, -0.15) is 0 Å². The molecule has 2 heterocycles. The molecule has 0 aliphatic rings. The summed E-state index contributed by atoms with van der Waals surface area (Å²) in [5.41, 5.74) is 6.03. The molecule has 268 valence electrons. The summed E-state index contributed by atoms with van der Waals surface area (Å²) < 4.78 is 0. The molecule has 10 heteroatoms. The van der Waals surface area contributed by atoms with E-state index in [0.717, 1.165) is 74.2 Å². The van der Waals surface area contributed by atoms with Crippen LogP contribution >= 0.6 is 0 Å². The Labute approximate surface area is 312 Å². The van der Waals surface area contributed by atoms with Gasteiger partial charge in [0.2, 0.25) is 33.9 Å². The molecule has 0 fully saturated rings. The SMILES string of the molecule is CC(C)[C@H](Nc1c2ccccc2[nH+]c2ccccc12)C(=O)NCCCCCNC(=O)[C@@H](Nc1c2ccccc2[nH+]c2ccccc12)C(C)C.[Cl-].[Cl-]. The molecule has 0 bridgehead atoms. The molecular weight excluding hydrogens is 679 g/mol. The maximum Gasteiger partial charge on any atom is 0.242 e. The zero-order valence-electron chi connectivity index (χ0n) is 29.7. The molecule has 0 aliphatic heterocycles. The van der Waals surface area contributed by atoms with E-state index in [2.05, 4.69) is 107 Å². The number of benzene rings is 4. The Bertz CT molecular complexity index is 1850. The van der Waals surface area contributed by atoms with Crippen LogP contribution in [0.5, 0.6) is 0 Å². The molecule has 0 unspecified atom stereocenters. The van der Waals surface area contributed by atoms with Gasteiger partial charge in [0.1, 0.15) is 12.1 Å². The van der Waals surface area contributed by atoms with Crippen LogP contribution in [-0.2, 0) is 9.59 Å². The van der Waals surface area contributed by atoms with Crippen molar-refractivity contribution in [1.82, 2.24) is 10.6 Å². The zero-order valence-corrected chi connectivity index (χ0v) is 31.2. The van der Waals surface area contributed by atoms with Crippen molar-refractivity contribution in [2.45, 2.75) is 59.0 Å². The number of para-hydroxylation sites is 4. The second-order valence-electron chi connectivity index (χ2n) is 13.6. The first-order chi connectivity index (χ1) is 23.8. The number of carbonyl (C=O) groups excluding carboxylic acids is 2. The van der Waals surface area contributed by atoms with Crippen molar-refractivity contribution in [2.24, 2.45) is 11.8 Å². The summed E-state index contributed by atoms with van der Waals surface area (Å²) in [6, 6.07) is 32.0. The minimum atomic E-state index is -0.384. The minimum absolute atomic E-state index is 0. The summed E-state index contributed by atoms with van der Waals surface area (Å²) in [6.07, 6.45) is 2.57. The van der Waals surface area contributed by atoms with E-state index >= 15 is 0 Å². The molecule has 51 heavy (non-hydrogen) atoms. The van der Waals surface area contributed by atoms with E-state index in [4.69, 9.17) is 0 Å². The summed E-state index contributed by atoms with van der Waals surface area (Å²) in [5.74, 6) is 0.163. The number of H-pyrrole nitrogens is 2. The Kier molecular flexibility index (Phi) is 13.8. The number of aromatic amines is 2. The van der Waals surface area contributed by atoms with Gasteiger partial charge in [0.15, 0.2) is 0 Å². The highest BCUT2D eigenvalue weighted by molar-refractivity contribution is 6.07. The van der Waals surface area contributed by atoms with Gasteiger partial charge in [-0.3, -0.25) is 9.59 Å². The van der Waals surface area contributed by atoms with Gasteiger partial charge in [-0.1, -0.05) is 76.2 Å². The normalized spacial score (nSPS) is 12.4. The lowest BCUT2D eigenvalue weighted by Crippen LogP contribution is -3.00. The molecule has 0 saturated heterocycles. The van der Waals surface area contributed by atoms with Gasteiger partial charge < -0.3 is 46.1 Å². The smallest absolute Gasteiger partial charge is 0.242 e. The molecule has 6 aromatic rings. The second-order valence-corrected chi connectivity index (χ2v) is 13.6. The van der Waals surface area contributed by atoms with Gasteiger partial charge in [0.25, 0.3) is 0 Å². The van der Waals surface area contributed by atoms with Crippen LogP contribution in [0.2, 0.25) is 0 Å². The van der Waals surface area contributed by atoms with Crippen LogP contribution < -0.4 is 56.0 Å². The third-order valence-corrected chi connectivity index (χ3v) is 9.27. The minimum Gasteiger partial charge on any atom is -1.00 e. The van der Waals surface area contributed by atoms with E-state index in [1.807, 2.05) is 48.5 Å². The Morgan fingerprint density at radius 2 is 0.784 bits per heavy atom. The van der Waals surface area contributed by atoms with Crippen LogP contribution in [0.25, 0.3) is 43.6 Å². The van der Waals surface area contributed by atoms with Crippen LogP contribution in [-0.4, -0.2) is 37.0 Å². The van der Waals surface area contributed by atoms with Crippen LogP contribution in [0, 0.1) is 11.8 Å². The summed E-state index contributed by atoms with van der Waals surface area (Å²) in [7, 11) is 0. The number of halogens is 2. The molecule has 2 atom stereocenters. The van der Waals surface area contributed by atoms with Crippen molar-refractivity contribution < 1.29 is 44.4 Å². The average molecular weight is 728 g/mol. The first-order valence-corrected chi connectivity index (χ1v) is 17.6. The summed E-state index contributed by atoms with van der Waals surface area (Å²) in [6.45, 7) is 9.45. The number of hydrogen-bond donors (Lipinski definition) is 4. The van der Waals surface area contributed by atoms with Crippen molar-refractivity contribution in [3.8, 4) is 0 Å². The van der Waals surface area contributed by atoms with Crippen LogP contribution in [0.4, 0.5) is 11.4 Å². The molecule has 2 aromatic heterocycles. The number of pyridine rings is 2. The lowest BCUT2D eigenvalue weighted by atomic mass is 10.0. The summed E-state index contributed by atoms with van der Waals surface area (Å²) in [5, 5.41) is 17.8. The molecule has 4 aromatic carbocycles. The molecule has 0 saturated carbocycles. The van der Waals surface area contributed by atoms with Crippen LogP contribution in [0.3, 0.4) is 0 Å². The number of nitrogens with one attached hydrogen (secondary N) is 6. The third-order valence-electron chi connectivity index (χ3n) is 9.27. The van der Waals surface area contributed by atoms with Gasteiger partial charge >= 0.3 is 0 Å². The lowest BCUT2D eigenvalue weighted by molar-refractivity contribution is -0.310. The van der Waals surface area contributed by atoms with Gasteiger partial charge in [-0.15, -0.1) is 0 Å². The summed E-state index contributed by atoms with van der Waals surface area (Å²) in [4.78, 5) is 33.9. The topological polar surface area (TPSA) is 111 Å². The van der Waals surface area contributed by atoms with E-state index in [0.29, 0.717) is 13.1 Å². The number of amides is 2. The fourth-order valence-corrected chi connectivity index (χ4v) is 6.58. The lowest BCUT2D eigenvalue weighted by Gasteiger charge is -2.24. The van der Waals surface area contributed by atoms with Gasteiger partial charge in [0.05, 0.1) is 32.9 Å². The number of aromatic nitrogens is 2. The Morgan fingerprint density at radius 1 is 0.490 bits per heavy atom. The van der Waals surface area contributed by atoms with Crippen molar-refractivity contribution in [3.63, 3.8) is 0 Å². The number of hydrogen-bond acceptors (Lipinski definition) is 4. The highest BCUT2D eigenvalue weighted by Gasteiger charge is 2.26. The number of anilines is 2. The van der Waals surface area contributed by atoms with Crippen molar-refractivity contribution in [1.29, 1.82) is 0 Å². The van der Waals surface area contributed by atoms with E-state index in [1.54, 1.807) is 0 Å². The number of carbonyl (C=O) groups is 2. The van der Waals surface area contributed by atoms with Crippen molar-refractivity contribution >= 4 is 66.8 Å². The largest absolute Gasteiger partial charge is 1.00 e. The fraction of sp³-hybridized carbons (Fsp3) is 0.317. The van der Waals surface area contributed by atoms with E-state index in [-0.39, 0.29) is 60.5 Å². The molecule has 2 amide bonds. The van der Waals surface area contributed by atoms with E-state index in [9.17, 15) is 9.59 Å². The highest BCUT2D eigenvalue weighted by atomic mass is 35.5. The molecular formula is C41H48Cl2N6O2. The second kappa shape index (κ2) is 18.0. The first-order valence-electron chi connectivity index (χ1n) is 17.6. The molecule has 0 spiro atoms. The predicted octanol–water partition coefficient (Wildman–Crippen LogP) is 0.912. The molecule has 0 aliphatic carbocycles. The Morgan fingerprint density at radius 3 is 1.08 bits per heavy atom. The van der Waals surface area contributed by atoms with Crippen LogP contribution in [0.15, 0.2) is 97.1 Å². The monoisotopic (exact) mass is 726 g/mol. The predicted molar refractivity (Wildman–Crippen MR) is 200 cm³/mol. The maximum absolute atomic E-state index is 13.4. The molecule has 8 nitrogen and oxygen atoms in total. The van der Waals surface area contributed by atoms with Crippen molar-refractivity contribution in [3.05, 3.63) is 97.1 Å². The van der Waals surface area contributed by atoms with Gasteiger partial charge in [-0.25, -0.2) is 9.97 Å². The Balaban J connectivity index is 0.00000292. The Hall–Kier alpha value is -4.66. The van der Waals surface area contributed by atoms with Gasteiger partial charge in [0, 0.05) is 37.4 Å². The molecule has 6 rings (SSSR count). The number of unbranched alkanes of at least 4 members (excludes halogenated alkanes) is 2. The van der Waals surface area contributed by atoms with Crippen LogP contribution in [0.1, 0.15) is 47.0 Å². The average Bonchev–Trinajstić information content (AvgIpc) is 3.10. The number of rotatable bonds is 14. The van der Waals surface area contributed by atoms with E-state index < -0.39 is 0 Å². The highest BCUT2D eigenvalue weighted by Crippen LogP contribution is 2.31. The maximum atomic E-state index is 13.4. The van der Waals surface area contributed by atoms with E-state index in [1.165, 1.54) is 0 Å². The quantitative estimate of drug-likeness (QED) is 0.0989. The fourth-order valence-electron chi connectivity index (χ4n) is 6.58. The molecule has 0 radical (unpaired) electrons. The van der Waals surface area contributed by atoms with Gasteiger partial charge in [-0.05, 0) is 55.4 Å². The number of fused-ring (bicyclic) bond motifs is 4. The zero-order chi connectivity index (χ0) is 34.3. The molecule has 6 N–H and O–H groups in total. The summed E-state index contributed by atoms with van der Waals surface area (Å²) >= 11 is 0.